The first-order valence-corrected chi connectivity index (χ1v) is 8.52. The number of allylic oxidation sites excluding steroid dienone is 1. The van der Waals surface area contributed by atoms with Crippen LogP contribution in [0.15, 0.2) is 66.7 Å². The molecule has 3 nitrogen and oxygen atoms in total. The highest BCUT2D eigenvalue weighted by Gasteiger charge is 2.09. The van der Waals surface area contributed by atoms with Gasteiger partial charge < -0.3 is 9.47 Å². The molecule has 0 saturated carbocycles. The Kier molecular flexibility index (Phi) is 6.03. The number of methoxy groups -OCH3 is 1. The Morgan fingerprint density at radius 2 is 1.82 bits per heavy atom. The van der Waals surface area contributed by atoms with E-state index in [4.69, 9.17) is 9.47 Å². The summed E-state index contributed by atoms with van der Waals surface area (Å²) < 4.78 is 38.3. The molecule has 0 radical (unpaired) electrons. The van der Waals surface area contributed by atoms with Gasteiger partial charge in [0.05, 0.1) is 18.8 Å². The number of halogens is 2. The number of ether oxygens (including phenoxy) is 2. The molecule has 0 atom stereocenters. The maximum atomic E-state index is 14.0. The van der Waals surface area contributed by atoms with Crippen molar-refractivity contribution in [1.82, 2.24) is 0 Å². The monoisotopic (exact) mass is 377 g/mol. The molecule has 3 aromatic rings. The molecule has 0 aliphatic rings. The summed E-state index contributed by atoms with van der Waals surface area (Å²) in [6.07, 6.45) is 1.58. The summed E-state index contributed by atoms with van der Waals surface area (Å²) in [7, 11) is 1.50. The molecule has 0 aliphatic carbocycles. The highest BCUT2D eigenvalue weighted by Crippen LogP contribution is 2.31. The van der Waals surface area contributed by atoms with Gasteiger partial charge in [-0.15, -0.1) is 0 Å². The van der Waals surface area contributed by atoms with Gasteiger partial charge in [0.2, 0.25) is 0 Å². The van der Waals surface area contributed by atoms with Gasteiger partial charge in [0, 0.05) is 5.56 Å². The lowest BCUT2D eigenvalue weighted by molar-refractivity contribution is 0.284. The van der Waals surface area contributed by atoms with Crippen LogP contribution in [0.5, 0.6) is 11.5 Å². The summed E-state index contributed by atoms with van der Waals surface area (Å²) in [5.74, 6) is 0.146. The number of nitrogens with zero attached hydrogens (tertiary/aromatic N) is 1. The summed E-state index contributed by atoms with van der Waals surface area (Å²) in [6, 6.07) is 19.4. The maximum Gasteiger partial charge on any atom is 0.161 e. The van der Waals surface area contributed by atoms with Crippen molar-refractivity contribution >= 4 is 11.6 Å². The zero-order valence-electron chi connectivity index (χ0n) is 15.2. The van der Waals surface area contributed by atoms with Crippen LogP contribution in [0.3, 0.4) is 0 Å². The molecule has 0 spiro atoms. The first-order chi connectivity index (χ1) is 13.6. The van der Waals surface area contributed by atoms with E-state index in [0.717, 1.165) is 0 Å². The Morgan fingerprint density at radius 1 is 1.00 bits per heavy atom. The second-order valence-electron chi connectivity index (χ2n) is 5.98. The Balaban J connectivity index is 1.84. The van der Waals surface area contributed by atoms with Gasteiger partial charge in [0.15, 0.2) is 11.5 Å². The average Bonchev–Trinajstić information content (AvgIpc) is 2.71. The van der Waals surface area contributed by atoms with Crippen LogP contribution in [0.4, 0.5) is 8.78 Å². The van der Waals surface area contributed by atoms with Gasteiger partial charge in [-0.25, -0.2) is 8.78 Å². The standard InChI is InChI=1S/C23H17F2NO2/c1-27-23-13-16(11-18(14-26)20-7-2-3-8-21(20)25)9-10-22(23)28-15-17-5-4-6-19(24)12-17/h2-13H,15H2,1H3. The molecular weight excluding hydrogens is 360 g/mol. The Hall–Kier alpha value is -3.65. The third-order valence-electron chi connectivity index (χ3n) is 4.07. The van der Waals surface area contributed by atoms with Crippen molar-refractivity contribution < 1.29 is 18.3 Å². The van der Waals surface area contributed by atoms with Gasteiger partial charge >= 0.3 is 0 Å². The van der Waals surface area contributed by atoms with E-state index in [1.165, 1.54) is 25.3 Å². The summed E-state index contributed by atoms with van der Waals surface area (Å²) in [5, 5.41) is 9.41. The molecule has 0 aliphatic heterocycles. The second-order valence-corrected chi connectivity index (χ2v) is 5.98. The highest BCUT2D eigenvalue weighted by molar-refractivity contribution is 5.90. The molecule has 3 rings (SSSR count). The number of benzene rings is 3. The van der Waals surface area contributed by atoms with Crippen molar-refractivity contribution in [1.29, 1.82) is 5.26 Å². The van der Waals surface area contributed by atoms with Crippen LogP contribution in [-0.4, -0.2) is 7.11 Å². The molecule has 3 aromatic carbocycles. The van der Waals surface area contributed by atoms with E-state index in [2.05, 4.69) is 0 Å². The van der Waals surface area contributed by atoms with Gasteiger partial charge in [-0.3, -0.25) is 0 Å². The lowest BCUT2D eigenvalue weighted by Gasteiger charge is -2.12. The number of hydrogen-bond acceptors (Lipinski definition) is 3. The minimum Gasteiger partial charge on any atom is -0.493 e. The summed E-state index contributed by atoms with van der Waals surface area (Å²) in [6.45, 7) is 0.183. The van der Waals surface area contributed by atoms with Crippen molar-refractivity contribution in [3.8, 4) is 17.6 Å². The minimum absolute atomic E-state index is 0.183. The SMILES string of the molecule is COc1cc(C=C(C#N)c2ccccc2F)ccc1OCc1cccc(F)c1. The molecule has 0 bridgehead atoms. The molecule has 0 saturated heterocycles. The second kappa shape index (κ2) is 8.83. The molecule has 140 valence electrons. The van der Waals surface area contributed by atoms with Gasteiger partial charge in [-0.05, 0) is 47.5 Å². The molecule has 28 heavy (non-hydrogen) atoms. The van der Waals surface area contributed by atoms with E-state index in [1.807, 2.05) is 6.07 Å². The van der Waals surface area contributed by atoms with Crippen molar-refractivity contribution in [2.75, 3.05) is 7.11 Å². The lowest BCUT2D eigenvalue weighted by atomic mass is 10.0. The van der Waals surface area contributed by atoms with E-state index >= 15 is 0 Å². The third-order valence-corrected chi connectivity index (χ3v) is 4.07. The summed E-state index contributed by atoms with van der Waals surface area (Å²) >= 11 is 0. The number of nitriles is 1. The van der Waals surface area contributed by atoms with Crippen molar-refractivity contribution in [3.05, 3.63) is 95.1 Å². The van der Waals surface area contributed by atoms with E-state index in [-0.39, 0.29) is 23.6 Å². The van der Waals surface area contributed by atoms with Crippen LogP contribution in [0.25, 0.3) is 11.6 Å². The minimum atomic E-state index is -0.461. The molecule has 0 unspecified atom stereocenters. The summed E-state index contributed by atoms with van der Waals surface area (Å²) in [4.78, 5) is 0. The van der Waals surface area contributed by atoms with Crippen molar-refractivity contribution in [2.45, 2.75) is 6.61 Å². The number of rotatable bonds is 6. The van der Waals surface area contributed by atoms with Crippen LogP contribution in [0.1, 0.15) is 16.7 Å². The van der Waals surface area contributed by atoms with E-state index < -0.39 is 5.82 Å². The first kappa shape index (κ1) is 19.1. The number of hydrogen-bond donors (Lipinski definition) is 0. The van der Waals surface area contributed by atoms with Crippen LogP contribution < -0.4 is 9.47 Å². The quantitative estimate of drug-likeness (QED) is 0.414. The van der Waals surface area contributed by atoms with E-state index in [0.29, 0.717) is 22.6 Å². The largest absolute Gasteiger partial charge is 0.493 e. The fourth-order valence-electron chi connectivity index (χ4n) is 2.70. The normalized spacial score (nSPS) is 11.0. The van der Waals surface area contributed by atoms with Gasteiger partial charge in [0.1, 0.15) is 18.2 Å². The van der Waals surface area contributed by atoms with Crippen LogP contribution in [0.2, 0.25) is 0 Å². The maximum absolute atomic E-state index is 14.0. The molecule has 0 amide bonds. The molecule has 0 N–H and O–H groups in total. The van der Waals surface area contributed by atoms with E-state index in [1.54, 1.807) is 54.6 Å². The Bertz CT molecular complexity index is 1050. The lowest BCUT2D eigenvalue weighted by Crippen LogP contribution is -1.98. The molecule has 0 fully saturated rings. The van der Waals surface area contributed by atoms with Gasteiger partial charge in [-0.2, -0.15) is 5.26 Å². The Morgan fingerprint density at radius 3 is 2.54 bits per heavy atom. The zero-order chi connectivity index (χ0) is 19.9. The first-order valence-electron chi connectivity index (χ1n) is 8.52. The fourth-order valence-corrected chi connectivity index (χ4v) is 2.70. The van der Waals surface area contributed by atoms with Crippen molar-refractivity contribution in [2.24, 2.45) is 0 Å². The average molecular weight is 377 g/mol. The zero-order valence-corrected chi connectivity index (χ0v) is 15.2. The summed E-state index contributed by atoms with van der Waals surface area (Å²) in [5.41, 5.74) is 1.79. The van der Waals surface area contributed by atoms with Gasteiger partial charge in [0.25, 0.3) is 0 Å². The smallest absolute Gasteiger partial charge is 0.161 e. The Labute approximate surface area is 162 Å². The topological polar surface area (TPSA) is 42.2 Å². The predicted octanol–water partition coefficient (Wildman–Crippen LogP) is 5.62. The van der Waals surface area contributed by atoms with Crippen LogP contribution in [0, 0.1) is 23.0 Å². The van der Waals surface area contributed by atoms with Gasteiger partial charge in [-0.1, -0.05) is 36.4 Å². The molecule has 0 heterocycles. The third kappa shape index (κ3) is 4.54. The van der Waals surface area contributed by atoms with Crippen molar-refractivity contribution in [3.63, 3.8) is 0 Å². The molecular formula is C23H17F2NO2. The predicted molar refractivity (Wildman–Crippen MR) is 104 cm³/mol. The molecule has 0 aromatic heterocycles. The molecule has 5 heteroatoms. The van der Waals surface area contributed by atoms with Crippen LogP contribution >= 0.6 is 0 Å². The van der Waals surface area contributed by atoms with E-state index in [9.17, 15) is 14.0 Å². The fraction of sp³-hybridized carbons (Fsp3) is 0.0870. The highest BCUT2D eigenvalue weighted by atomic mass is 19.1. The van der Waals surface area contributed by atoms with Crippen LogP contribution in [-0.2, 0) is 6.61 Å².